The first-order chi connectivity index (χ1) is 18.3. The van der Waals surface area contributed by atoms with E-state index in [1.54, 1.807) is 26.0 Å². The Morgan fingerprint density at radius 2 is 1.82 bits per heavy atom. The summed E-state index contributed by atoms with van der Waals surface area (Å²) in [4.78, 5) is 28.7. The van der Waals surface area contributed by atoms with Gasteiger partial charge in [0.05, 0.1) is 37.0 Å². The standard InChI is InChI=1S/C28H31N5O4S/c1-5-37-28(36)25-24(26(35)30-23-12-7-18(2)17-19(23)3)20(4)38-27(25)32-31-21-8-10-22(11-9-21)33(15-16-34)14-6-13-29/h7-12,17,34H,5-6,14-16H2,1-4H3,(H,30,35). The smallest absolute Gasteiger partial charge is 0.342 e. The van der Waals surface area contributed by atoms with Crippen LogP contribution in [0.3, 0.4) is 0 Å². The van der Waals surface area contributed by atoms with Gasteiger partial charge in [-0.1, -0.05) is 17.7 Å². The summed E-state index contributed by atoms with van der Waals surface area (Å²) in [6.07, 6.45) is 0.342. The Bertz CT molecular complexity index is 1360. The van der Waals surface area contributed by atoms with Gasteiger partial charge in [0.15, 0.2) is 5.00 Å². The fourth-order valence-electron chi connectivity index (χ4n) is 3.91. The number of nitrogens with one attached hydrogen (secondary N) is 1. The number of azo groups is 1. The molecule has 38 heavy (non-hydrogen) atoms. The van der Waals surface area contributed by atoms with Gasteiger partial charge in [-0.2, -0.15) is 5.26 Å². The highest BCUT2D eigenvalue weighted by Gasteiger charge is 2.28. The molecule has 0 radical (unpaired) electrons. The summed E-state index contributed by atoms with van der Waals surface area (Å²) >= 11 is 1.19. The van der Waals surface area contributed by atoms with E-state index in [4.69, 9.17) is 10.00 Å². The fraction of sp³-hybridized carbons (Fsp3) is 0.321. The monoisotopic (exact) mass is 533 g/mol. The number of esters is 1. The van der Waals surface area contributed by atoms with Crippen molar-refractivity contribution in [3.8, 4) is 6.07 Å². The molecule has 0 bridgehead atoms. The third kappa shape index (κ3) is 7.03. The second-order valence-corrected chi connectivity index (χ2v) is 9.74. The molecule has 1 amide bonds. The van der Waals surface area contributed by atoms with E-state index in [1.165, 1.54) is 11.3 Å². The minimum Gasteiger partial charge on any atom is -0.462 e. The van der Waals surface area contributed by atoms with Gasteiger partial charge in [-0.3, -0.25) is 4.79 Å². The maximum atomic E-state index is 13.3. The lowest BCUT2D eigenvalue weighted by molar-refractivity contribution is 0.0525. The van der Waals surface area contributed by atoms with Gasteiger partial charge in [0, 0.05) is 29.3 Å². The lowest BCUT2D eigenvalue weighted by Gasteiger charge is -2.22. The second-order valence-electron chi connectivity index (χ2n) is 8.54. The number of hydrogen-bond acceptors (Lipinski definition) is 9. The molecule has 0 aliphatic rings. The zero-order valence-corrected chi connectivity index (χ0v) is 22.8. The number of benzene rings is 2. The Morgan fingerprint density at radius 1 is 1.08 bits per heavy atom. The molecule has 3 rings (SSSR count). The number of thiophene rings is 1. The largest absolute Gasteiger partial charge is 0.462 e. The molecule has 2 aromatic carbocycles. The van der Waals surface area contributed by atoms with E-state index in [-0.39, 0.29) is 29.3 Å². The molecule has 0 spiro atoms. The topological polar surface area (TPSA) is 127 Å². The van der Waals surface area contributed by atoms with E-state index in [2.05, 4.69) is 21.6 Å². The number of amides is 1. The van der Waals surface area contributed by atoms with Crippen molar-refractivity contribution in [2.24, 2.45) is 10.2 Å². The molecule has 2 N–H and O–H groups in total. The predicted molar refractivity (Wildman–Crippen MR) is 149 cm³/mol. The van der Waals surface area contributed by atoms with Crippen molar-refractivity contribution in [1.29, 1.82) is 5.26 Å². The molecule has 0 unspecified atom stereocenters. The van der Waals surface area contributed by atoms with E-state index in [0.717, 1.165) is 16.8 Å². The molecule has 0 saturated carbocycles. The third-order valence-electron chi connectivity index (χ3n) is 5.74. The summed E-state index contributed by atoms with van der Waals surface area (Å²) in [6, 6.07) is 15.0. The molecule has 3 aromatic rings. The summed E-state index contributed by atoms with van der Waals surface area (Å²) in [6.45, 7) is 8.38. The third-order valence-corrected chi connectivity index (χ3v) is 6.73. The van der Waals surface area contributed by atoms with Gasteiger partial charge in [-0.05, 0) is 63.6 Å². The van der Waals surface area contributed by atoms with Crippen molar-refractivity contribution < 1.29 is 19.4 Å². The second kappa shape index (κ2) is 13.5. The number of hydrogen-bond donors (Lipinski definition) is 2. The maximum absolute atomic E-state index is 13.3. The van der Waals surface area contributed by atoms with Crippen molar-refractivity contribution in [3.05, 3.63) is 69.6 Å². The summed E-state index contributed by atoms with van der Waals surface area (Å²) in [5.74, 6) is -1.05. The Kier molecular flexibility index (Phi) is 10.1. The Morgan fingerprint density at radius 3 is 2.45 bits per heavy atom. The lowest BCUT2D eigenvalue weighted by Crippen LogP contribution is -2.27. The van der Waals surface area contributed by atoms with Crippen molar-refractivity contribution in [1.82, 2.24) is 0 Å². The summed E-state index contributed by atoms with van der Waals surface area (Å²) < 4.78 is 5.25. The molecule has 0 aliphatic carbocycles. The number of ether oxygens (including phenoxy) is 1. The number of rotatable bonds is 11. The Hall–Kier alpha value is -4.07. The highest BCUT2D eigenvalue weighted by Crippen LogP contribution is 2.38. The Labute approximate surface area is 226 Å². The van der Waals surface area contributed by atoms with Crippen LogP contribution < -0.4 is 10.2 Å². The molecule has 0 saturated heterocycles. The van der Waals surface area contributed by atoms with E-state index in [0.29, 0.717) is 35.8 Å². The van der Waals surface area contributed by atoms with Gasteiger partial charge < -0.3 is 20.1 Å². The quantitative estimate of drug-likeness (QED) is 0.222. The van der Waals surface area contributed by atoms with Gasteiger partial charge in [-0.15, -0.1) is 21.6 Å². The number of nitriles is 1. The number of aliphatic hydroxyl groups is 1. The summed E-state index contributed by atoms with van der Waals surface area (Å²) in [7, 11) is 0. The van der Waals surface area contributed by atoms with Crippen molar-refractivity contribution in [2.45, 2.75) is 34.1 Å². The number of nitrogens with zero attached hydrogens (tertiary/aromatic N) is 4. The minimum absolute atomic E-state index is 0.0271. The van der Waals surface area contributed by atoms with Gasteiger partial charge in [-0.25, -0.2) is 4.79 Å². The molecular formula is C28H31N5O4S. The molecule has 10 heteroatoms. The predicted octanol–water partition coefficient (Wildman–Crippen LogP) is 6.23. The van der Waals surface area contributed by atoms with Gasteiger partial charge in [0.25, 0.3) is 5.91 Å². The van der Waals surface area contributed by atoms with Crippen LogP contribution in [0.5, 0.6) is 0 Å². The van der Waals surface area contributed by atoms with Crippen LogP contribution in [0, 0.1) is 32.1 Å². The first-order valence-corrected chi connectivity index (χ1v) is 13.0. The minimum atomic E-state index is -0.635. The summed E-state index contributed by atoms with van der Waals surface area (Å²) in [5.41, 5.74) is 4.35. The van der Waals surface area contributed by atoms with Crippen LogP contribution in [0.1, 0.15) is 50.1 Å². The molecular weight excluding hydrogens is 502 g/mol. The first kappa shape index (κ1) is 28.5. The van der Waals surface area contributed by atoms with Crippen molar-refractivity contribution >= 4 is 45.3 Å². The fourth-order valence-corrected chi connectivity index (χ4v) is 4.87. The van der Waals surface area contributed by atoms with Crippen LogP contribution >= 0.6 is 11.3 Å². The van der Waals surface area contributed by atoms with Gasteiger partial charge in [0.1, 0.15) is 5.56 Å². The summed E-state index contributed by atoms with van der Waals surface area (Å²) in [5, 5.41) is 30.0. The highest BCUT2D eigenvalue weighted by atomic mass is 32.1. The zero-order chi connectivity index (χ0) is 27.7. The SMILES string of the molecule is CCOC(=O)c1c(N=Nc2ccc(N(CCO)CCC#N)cc2)sc(C)c1C(=O)Nc1ccc(C)cc1C. The zero-order valence-electron chi connectivity index (χ0n) is 21.9. The van der Waals surface area contributed by atoms with Gasteiger partial charge in [0.2, 0.25) is 0 Å². The van der Waals surface area contributed by atoms with E-state index < -0.39 is 11.9 Å². The van der Waals surface area contributed by atoms with Crippen LogP contribution in [-0.4, -0.2) is 43.3 Å². The Balaban J connectivity index is 1.90. The van der Waals surface area contributed by atoms with E-state index in [1.807, 2.05) is 49.1 Å². The number of aliphatic hydroxyl groups excluding tert-OH is 1. The van der Waals surface area contributed by atoms with Crippen LogP contribution in [0.2, 0.25) is 0 Å². The molecule has 0 fully saturated rings. The normalized spacial score (nSPS) is 10.8. The molecule has 0 aliphatic heterocycles. The molecule has 1 heterocycles. The van der Waals surface area contributed by atoms with Crippen LogP contribution in [0.15, 0.2) is 52.7 Å². The molecule has 198 valence electrons. The van der Waals surface area contributed by atoms with Crippen molar-refractivity contribution in [3.63, 3.8) is 0 Å². The molecule has 9 nitrogen and oxygen atoms in total. The van der Waals surface area contributed by atoms with Crippen LogP contribution in [0.25, 0.3) is 0 Å². The number of aryl methyl sites for hydroxylation is 3. The molecule has 1 aromatic heterocycles. The number of anilines is 2. The van der Waals surface area contributed by atoms with E-state index >= 15 is 0 Å². The van der Waals surface area contributed by atoms with Crippen LogP contribution in [0.4, 0.5) is 22.1 Å². The maximum Gasteiger partial charge on any atom is 0.342 e. The lowest BCUT2D eigenvalue weighted by atomic mass is 10.1. The van der Waals surface area contributed by atoms with E-state index in [9.17, 15) is 14.7 Å². The first-order valence-electron chi connectivity index (χ1n) is 12.2. The number of carbonyl (C=O) groups excluding carboxylic acids is 2. The number of carbonyl (C=O) groups is 2. The van der Waals surface area contributed by atoms with Gasteiger partial charge >= 0.3 is 5.97 Å². The van der Waals surface area contributed by atoms with Crippen molar-refractivity contribution in [2.75, 3.05) is 36.5 Å². The average molecular weight is 534 g/mol. The average Bonchev–Trinajstić information content (AvgIpc) is 3.23. The van der Waals surface area contributed by atoms with Crippen LogP contribution in [-0.2, 0) is 4.74 Å². The molecule has 0 atom stereocenters. The highest BCUT2D eigenvalue weighted by molar-refractivity contribution is 7.16.